The molecule has 0 radical (unpaired) electrons. The van der Waals surface area contributed by atoms with Gasteiger partial charge in [0.15, 0.2) is 5.16 Å². The normalized spacial score (nSPS) is 16.7. The van der Waals surface area contributed by atoms with Crippen LogP contribution in [0.4, 0.5) is 5.69 Å². The van der Waals surface area contributed by atoms with E-state index in [1.165, 1.54) is 24.0 Å². The summed E-state index contributed by atoms with van der Waals surface area (Å²) in [6, 6.07) is 8.65. The number of fused-ring (bicyclic) bond motifs is 1. The van der Waals surface area contributed by atoms with Gasteiger partial charge in [0.1, 0.15) is 5.75 Å². The number of carbonyl (C=O) groups excluding carboxylic acids is 1. The van der Waals surface area contributed by atoms with Crippen LogP contribution >= 0.6 is 11.8 Å². The van der Waals surface area contributed by atoms with E-state index >= 15 is 0 Å². The summed E-state index contributed by atoms with van der Waals surface area (Å²) >= 11 is 1.42. The van der Waals surface area contributed by atoms with Crippen molar-refractivity contribution in [2.45, 2.75) is 11.7 Å². The predicted octanol–water partition coefficient (Wildman–Crippen LogP) is 1.61. The third-order valence-electron chi connectivity index (χ3n) is 3.45. The highest BCUT2D eigenvalue weighted by Crippen LogP contribution is 2.27. The Morgan fingerprint density at radius 2 is 2.23 bits per heavy atom. The number of carbonyl (C=O) groups is 1. The zero-order chi connectivity index (χ0) is 15.5. The Morgan fingerprint density at radius 1 is 1.41 bits per heavy atom. The lowest BCUT2D eigenvalue weighted by molar-refractivity contribution is -0.119. The molecule has 2 aromatic rings. The van der Waals surface area contributed by atoms with E-state index in [0.717, 1.165) is 0 Å². The molecule has 1 aliphatic heterocycles. The number of hydrogen-bond acceptors (Lipinski definition) is 5. The first-order chi connectivity index (χ1) is 10.7. The van der Waals surface area contributed by atoms with Crippen LogP contribution in [0.25, 0.3) is 0 Å². The number of aromatic nitrogens is 2. The maximum Gasteiger partial charge on any atom is 0.254 e. The molecule has 0 saturated heterocycles. The molecule has 1 atom stereocenters. The second-order valence-corrected chi connectivity index (χ2v) is 5.86. The smallest absolute Gasteiger partial charge is 0.254 e. The number of anilines is 1. The van der Waals surface area contributed by atoms with Crippen molar-refractivity contribution >= 4 is 23.4 Å². The van der Waals surface area contributed by atoms with Crippen molar-refractivity contribution in [1.82, 2.24) is 9.55 Å². The molecule has 114 valence electrons. The number of nitrogens with one attached hydrogen (secondary N) is 1. The average Bonchev–Trinajstić information content (AvgIpc) is 2.55. The third-order valence-corrected chi connectivity index (χ3v) is 4.60. The fourth-order valence-corrected chi connectivity index (χ4v) is 3.35. The first kappa shape index (κ1) is 14.6. The quantitative estimate of drug-likeness (QED) is 0.871. The number of amides is 1. The van der Waals surface area contributed by atoms with Gasteiger partial charge >= 0.3 is 0 Å². The molecule has 2 heterocycles. The Morgan fingerprint density at radius 3 is 3.05 bits per heavy atom. The van der Waals surface area contributed by atoms with Crippen molar-refractivity contribution in [2.24, 2.45) is 5.92 Å². The van der Waals surface area contributed by atoms with Gasteiger partial charge in [0.2, 0.25) is 5.91 Å². The van der Waals surface area contributed by atoms with Gasteiger partial charge in [-0.3, -0.25) is 14.2 Å². The van der Waals surface area contributed by atoms with Gasteiger partial charge < -0.3 is 10.1 Å². The topological polar surface area (TPSA) is 73.2 Å². The van der Waals surface area contributed by atoms with Gasteiger partial charge in [0.05, 0.1) is 18.7 Å². The fourth-order valence-electron chi connectivity index (χ4n) is 2.29. The summed E-state index contributed by atoms with van der Waals surface area (Å²) in [5.74, 6) is 0.790. The minimum atomic E-state index is -0.288. The second-order valence-electron chi connectivity index (χ2n) is 4.87. The van der Waals surface area contributed by atoms with E-state index in [9.17, 15) is 9.59 Å². The summed E-state index contributed by atoms with van der Waals surface area (Å²) in [4.78, 5) is 28.4. The van der Waals surface area contributed by atoms with Gasteiger partial charge in [-0.1, -0.05) is 23.9 Å². The number of rotatable bonds is 3. The monoisotopic (exact) mass is 317 g/mol. The Balaban J connectivity index is 1.77. The van der Waals surface area contributed by atoms with Crippen molar-refractivity contribution in [1.29, 1.82) is 0 Å². The van der Waals surface area contributed by atoms with Crippen LogP contribution in [-0.2, 0) is 11.3 Å². The Labute approximate surface area is 131 Å². The highest BCUT2D eigenvalue weighted by molar-refractivity contribution is 7.99. The molecular weight excluding hydrogens is 302 g/mol. The zero-order valence-corrected chi connectivity index (χ0v) is 12.8. The first-order valence-corrected chi connectivity index (χ1v) is 7.80. The minimum absolute atomic E-state index is 0.126. The highest BCUT2D eigenvalue weighted by atomic mass is 32.2. The van der Waals surface area contributed by atoms with Crippen LogP contribution in [0.5, 0.6) is 5.75 Å². The van der Waals surface area contributed by atoms with E-state index in [1.807, 2.05) is 12.1 Å². The molecule has 1 aromatic carbocycles. The van der Waals surface area contributed by atoms with E-state index in [1.54, 1.807) is 23.8 Å². The van der Waals surface area contributed by atoms with Gasteiger partial charge in [0.25, 0.3) is 5.56 Å². The lowest BCUT2D eigenvalue weighted by atomic mass is 10.1. The van der Waals surface area contributed by atoms with Crippen LogP contribution in [-0.4, -0.2) is 28.3 Å². The average molecular weight is 317 g/mol. The fraction of sp³-hybridized carbons (Fsp3) is 0.267. The summed E-state index contributed by atoms with van der Waals surface area (Å²) < 4.78 is 6.77. The molecule has 0 bridgehead atoms. The van der Waals surface area contributed by atoms with Crippen LogP contribution in [0.1, 0.15) is 0 Å². The predicted molar refractivity (Wildman–Crippen MR) is 84.3 cm³/mol. The third kappa shape index (κ3) is 2.85. The summed E-state index contributed by atoms with van der Waals surface area (Å²) in [7, 11) is 1.56. The number of methoxy groups -OCH3 is 1. The second kappa shape index (κ2) is 6.23. The maximum absolute atomic E-state index is 12.4. The molecule has 22 heavy (non-hydrogen) atoms. The lowest BCUT2D eigenvalue weighted by Gasteiger charge is -2.24. The van der Waals surface area contributed by atoms with E-state index in [-0.39, 0.29) is 17.4 Å². The van der Waals surface area contributed by atoms with Crippen molar-refractivity contribution in [3.05, 3.63) is 46.9 Å². The van der Waals surface area contributed by atoms with Crippen LogP contribution in [0.3, 0.4) is 0 Å². The molecule has 6 nitrogen and oxygen atoms in total. The highest BCUT2D eigenvalue weighted by Gasteiger charge is 2.26. The molecule has 0 spiro atoms. The molecule has 7 heteroatoms. The van der Waals surface area contributed by atoms with Gasteiger partial charge in [-0.25, -0.2) is 4.98 Å². The number of ether oxygens (including phenoxy) is 1. The zero-order valence-electron chi connectivity index (χ0n) is 12.0. The first-order valence-electron chi connectivity index (χ1n) is 6.81. The SMILES string of the molecule is COc1ccccc1NC(=O)C1CSc2nccc(=O)n2C1. The molecule has 1 N–H and O–H groups in total. The van der Waals surface area contributed by atoms with Crippen molar-refractivity contribution < 1.29 is 9.53 Å². The molecule has 1 aliphatic rings. The number of thioether (sulfide) groups is 1. The van der Waals surface area contributed by atoms with E-state index in [4.69, 9.17) is 4.74 Å². The standard InChI is InChI=1S/C15H15N3O3S/c1-21-12-5-3-2-4-11(12)17-14(20)10-8-18-13(19)6-7-16-15(18)22-9-10/h2-7,10H,8-9H2,1H3,(H,17,20). The van der Waals surface area contributed by atoms with Gasteiger partial charge in [-0.2, -0.15) is 0 Å². The van der Waals surface area contributed by atoms with E-state index in [2.05, 4.69) is 10.3 Å². The maximum atomic E-state index is 12.4. The minimum Gasteiger partial charge on any atom is -0.495 e. The molecule has 0 fully saturated rings. The van der Waals surface area contributed by atoms with E-state index in [0.29, 0.717) is 28.9 Å². The molecule has 3 rings (SSSR count). The molecule has 1 aromatic heterocycles. The lowest BCUT2D eigenvalue weighted by Crippen LogP contribution is -2.36. The number of para-hydroxylation sites is 2. The Hall–Kier alpha value is -2.28. The van der Waals surface area contributed by atoms with Gasteiger partial charge in [-0.15, -0.1) is 0 Å². The van der Waals surface area contributed by atoms with Crippen LogP contribution in [0.2, 0.25) is 0 Å². The Bertz CT molecular complexity index is 760. The number of hydrogen-bond donors (Lipinski definition) is 1. The number of nitrogens with zero attached hydrogens (tertiary/aromatic N) is 2. The van der Waals surface area contributed by atoms with Crippen LogP contribution < -0.4 is 15.6 Å². The van der Waals surface area contributed by atoms with Crippen molar-refractivity contribution in [3.8, 4) is 5.75 Å². The van der Waals surface area contributed by atoms with Gasteiger partial charge in [-0.05, 0) is 12.1 Å². The summed E-state index contributed by atoms with van der Waals surface area (Å²) in [5.41, 5.74) is 0.497. The summed E-state index contributed by atoms with van der Waals surface area (Å²) in [6.45, 7) is 0.343. The van der Waals surface area contributed by atoms with Crippen LogP contribution in [0, 0.1) is 5.92 Å². The molecule has 1 amide bonds. The van der Waals surface area contributed by atoms with Crippen molar-refractivity contribution in [2.75, 3.05) is 18.2 Å². The molecule has 1 unspecified atom stereocenters. The summed E-state index contributed by atoms with van der Waals surface area (Å²) in [6.07, 6.45) is 1.50. The molecule has 0 saturated carbocycles. The van der Waals surface area contributed by atoms with Crippen molar-refractivity contribution in [3.63, 3.8) is 0 Å². The van der Waals surface area contributed by atoms with Gasteiger partial charge in [0, 0.05) is 24.6 Å². The Kier molecular flexibility index (Phi) is 4.15. The van der Waals surface area contributed by atoms with Crippen LogP contribution in [0.15, 0.2) is 46.5 Å². The largest absolute Gasteiger partial charge is 0.495 e. The molecule has 0 aliphatic carbocycles. The van der Waals surface area contributed by atoms with E-state index < -0.39 is 0 Å². The number of benzene rings is 1. The molecular formula is C15H15N3O3S. The summed E-state index contributed by atoms with van der Waals surface area (Å²) in [5, 5.41) is 3.53.